The number of esters is 1. The van der Waals surface area contributed by atoms with Crippen LogP contribution in [0.1, 0.15) is 33.9 Å². The Hall–Kier alpha value is -4.04. The van der Waals surface area contributed by atoms with Crippen molar-refractivity contribution in [2.75, 3.05) is 12.0 Å². The number of nitrogens with zero attached hydrogens (tertiary/aromatic N) is 2. The van der Waals surface area contributed by atoms with Crippen molar-refractivity contribution >= 4 is 29.0 Å². The number of aromatic nitrogens is 1. The van der Waals surface area contributed by atoms with Crippen LogP contribution in [0.4, 0.5) is 10.1 Å². The molecule has 1 aliphatic heterocycles. The number of hydrogen-bond acceptors (Lipinski definition) is 5. The van der Waals surface area contributed by atoms with Crippen LogP contribution in [0.2, 0.25) is 0 Å². The first-order chi connectivity index (χ1) is 16.6. The van der Waals surface area contributed by atoms with Gasteiger partial charge in [-0.1, -0.05) is 30.3 Å². The molecule has 0 spiro atoms. The predicted molar refractivity (Wildman–Crippen MR) is 130 cm³/mol. The maximum atomic E-state index is 14.8. The number of pyridine rings is 1. The van der Waals surface area contributed by atoms with E-state index in [9.17, 15) is 9.18 Å². The number of ether oxygens (including phenoxy) is 1. The first-order valence-electron chi connectivity index (χ1n) is 10.6. The van der Waals surface area contributed by atoms with E-state index in [1.54, 1.807) is 47.5 Å². The number of rotatable bonds is 5. The number of anilines is 1. The molecule has 1 fully saturated rings. The molecule has 5 rings (SSSR count). The SMILES string of the molecule is COC(=O)c1cccc(-c2ccc(C3C(c4ccccn4)NC(=S)N3c3ccccc3F)o2)c1. The fourth-order valence-electron chi connectivity index (χ4n) is 4.13. The third-order valence-corrected chi connectivity index (χ3v) is 6.01. The quantitative estimate of drug-likeness (QED) is 0.306. The Morgan fingerprint density at radius 1 is 1.09 bits per heavy atom. The van der Waals surface area contributed by atoms with Crippen molar-refractivity contribution < 1.29 is 18.3 Å². The van der Waals surface area contributed by atoms with Crippen molar-refractivity contribution in [1.82, 2.24) is 10.3 Å². The summed E-state index contributed by atoms with van der Waals surface area (Å²) in [5.41, 5.74) is 2.23. The molecule has 34 heavy (non-hydrogen) atoms. The summed E-state index contributed by atoms with van der Waals surface area (Å²) in [4.78, 5) is 18.2. The lowest BCUT2D eigenvalue weighted by Crippen LogP contribution is -2.30. The highest BCUT2D eigenvalue weighted by Gasteiger charge is 2.43. The van der Waals surface area contributed by atoms with Gasteiger partial charge in [-0.15, -0.1) is 0 Å². The summed E-state index contributed by atoms with van der Waals surface area (Å²) in [5.74, 6) is 0.312. The molecule has 1 aliphatic rings. The number of furan rings is 1. The van der Waals surface area contributed by atoms with Gasteiger partial charge in [-0.2, -0.15) is 0 Å². The average Bonchev–Trinajstić information content (AvgIpc) is 3.49. The minimum atomic E-state index is -0.489. The second kappa shape index (κ2) is 9.07. The number of benzene rings is 2. The molecule has 0 aliphatic carbocycles. The normalized spacial score (nSPS) is 17.5. The minimum absolute atomic E-state index is 0.342. The van der Waals surface area contributed by atoms with Crippen molar-refractivity contribution in [2.45, 2.75) is 12.1 Å². The number of halogens is 1. The minimum Gasteiger partial charge on any atom is -0.465 e. The highest BCUT2D eigenvalue weighted by Crippen LogP contribution is 2.43. The van der Waals surface area contributed by atoms with Gasteiger partial charge >= 0.3 is 5.97 Å². The van der Waals surface area contributed by atoms with Crippen LogP contribution in [0.25, 0.3) is 11.3 Å². The summed E-state index contributed by atoms with van der Waals surface area (Å²) in [6, 6.07) is 21.9. The highest BCUT2D eigenvalue weighted by molar-refractivity contribution is 7.80. The summed E-state index contributed by atoms with van der Waals surface area (Å²) in [5, 5.41) is 3.65. The molecule has 0 saturated carbocycles. The number of thiocarbonyl (C=S) groups is 1. The van der Waals surface area contributed by atoms with Crippen molar-refractivity contribution in [3.8, 4) is 11.3 Å². The molecule has 2 aromatic heterocycles. The lowest BCUT2D eigenvalue weighted by atomic mass is 10.0. The summed E-state index contributed by atoms with van der Waals surface area (Å²) in [6.45, 7) is 0. The van der Waals surface area contributed by atoms with E-state index < -0.39 is 17.8 Å². The van der Waals surface area contributed by atoms with E-state index in [1.807, 2.05) is 36.4 Å². The first-order valence-corrected chi connectivity index (χ1v) is 11.0. The number of nitrogens with one attached hydrogen (secondary N) is 1. The summed E-state index contributed by atoms with van der Waals surface area (Å²) >= 11 is 5.62. The van der Waals surface area contributed by atoms with Gasteiger partial charge in [-0.25, -0.2) is 9.18 Å². The number of carbonyl (C=O) groups is 1. The van der Waals surface area contributed by atoms with E-state index in [1.165, 1.54) is 13.2 Å². The molecule has 8 heteroatoms. The van der Waals surface area contributed by atoms with E-state index in [0.29, 0.717) is 27.9 Å². The van der Waals surface area contributed by atoms with Gasteiger partial charge in [-0.3, -0.25) is 4.98 Å². The Morgan fingerprint density at radius 3 is 2.68 bits per heavy atom. The summed E-state index contributed by atoms with van der Waals surface area (Å²) < 4.78 is 25.9. The number of carbonyl (C=O) groups excluding carboxylic acids is 1. The zero-order chi connectivity index (χ0) is 23.7. The second-order valence-electron chi connectivity index (χ2n) is 7.72. The van der Waals surface area contributed by atoms with Gasteiger partial charge in [-0.05, 0) is 60.7 Å². The van der Waals surface area contributed by atoms with E-state index in [-0.39, 0.29) is 6.04 Å². The Labute approximate surface area is 201 Å². The zero-order valence-electron chi connectivity index (χ0n) is 18.1. The van der Waals surface area contributed by atoms with Crippen LogP contribution in [0.3, 0.4) is 0 Å². The molecule has 170 valence electrons. The maximum Gasteiger partial charge on any atom is 0.337 e. The summed E-state index contributed by atoms with van der Waals surface area (Å²) in [7, 11) is 1.34. The zero-order valence-corrected chi connectivity index (χ0v) is 19.0. The molecular weight excluding hydrogens is 453 g/mol. The Bertz CT molecular complexity index is 1360. The molecule has 6 nitrogen and oxygen atoms in total. The Balaban J connectivity index is 1.59. The molecule has 2 unspecified atom stereocenters. The molecular formula is C26H20FN3O3S. The molecule has 2 aromatic carbocycles. The topological polar surface area (TPSA) is 67.6 Å². The smallest absolute Gasteiger partial charge is 0.337 e. The molecule has 1 saturated heterocycles. The van der Waals surface area contributed by atoms with E-state index in [2.05, 4.69) is 10.3 Å². The fraction of sp³-hybridized carbons (Fsp3) is 0.115. The van der Waals surface area contributed by atoms with E-state index in [4.69, 9.17) is 21.4 Å². The van der Waals surface area contributed by atoms with Gasteiger partial charge in [0.15, 0.2) is 5.11 Å². The third kappa shape index (κ3) is 3.92. The van der Waals surface area contributed by atoms with E-state index >= 15 is 0 Å². The second-order valence-corrected chi connectivity index (χ2v) is 8.11. The molecule has 0 bridgehead atoms. The van der Waals surface area contributed by atoms with Crippen LogP contribution < -0.4 is 10.2 Å². The molecule has 4 aromatic rings. The van der Waals surface area contributed by atoms with Crippen LogP contribution in [0.5, 0.6) is 0 Å². The van der Waals surface area contributed by atoms with Crippen molar-refractivity contribution in [3.63, 3.8) is 0 Å². The molecule has 0 radical (unpaired) electrons. The number of para-hydroxylation sites is 1. The molecule has 2 atom stereocenters. The van der Waals surface area contributed by atoms with Crippen LogP contribution in [0.15, 0.2) is 89.5 Å². The van der Waals surface area contributed by atoms with Gasteiger partial charge in [0.1, 0.15) is 23.4 Å². The molecule has 0 amide bonds. The van der Waals surface area contributed by atoms with Gasteiger partial charge in [0.2, 0.25) is 0 Å². The number of hydrogen-bond donors (Lipinski definition) is 1. The van der Waals surface area contributed by atoms with Crippen LogP contribution in [-0.4, -0.2) is 23.2 Å². The van der Waals surface area contributed by atoms with Gasteiger partial charge in [0.25, 0.3) is 0 Å². The Kier molecular flexibility index (Phi) is 5.81. The number of methoxy groups -OCH3 is 1. The fourth-order valence-corrected chi connectivity index (χ4v) is 4.47. The predicted octanol–water partition coefficient (Wildman–Crippen LogP) is 5.44. The standard InChI is InChI=1S/C26H20FN3O3S/c1-32-25(31)17-8-6-7-16(15-17)21-12-13-22(33-21)24-23(19-10-4-5-14-28-19)29-26(34)30(24)20-11-3-2-9-18(20)27/h2-15,23-24H,1H3,(H,29,34). The van der Waals surface area contributed by atoms with Gasteiger partial charge < -0.3 is 19.4 Å². The lowest BCUT2D eigenvalue weighted by Gasteiger charge is -2.26. The Morgan fingerprint density at radius 2 is 1.91 bits per heavy atom. The van der Waals surface area contributed by atoms with Gasteiger partial charge in [0, 0.05) is 11.8 Å². The lowest BCUT2D eigenvalue weighted by molar-refractivity contribution is 0.0601. The molecule has 3 heterocycles. The third-order valence-electron chi connectivity index (χ3n) is 5.70. The van der Waals surface area contributed by atoms with Crippen LogP contribution >= 0.6 is 12.2 Å². The van der Waals surface area contributed by atoms with Crippen LogP contribution in [0, 0.1) is 5.82 Å². The monoisotopic (exact) mass is 473 g/mol. The highest BCUT2D eigenvalue weighted by atomic mass is 32.1. The van der Waals surface area contributed by atoms with Crippen molar-refractivity contribution in [1.29, 1.82) is 0 Å². The van der Waals surface area contributed by atoms with Crippen molar-refractivity contribution in [3.05, 3.63) is 108 Å². The summed E-state index contributed by atoms with van der Waals surface area (Å²) in [6.07, 6.45) is 1.70. The van der Waals surface area contributed by atoms with Gasteiger partial charge in [0.05, 0.1) is 30.1 Å². The largest absolute Gasteiger partial charge is 0.465 e. The average molecular weight is 474 g/mol. The maximum absolute atomic E-state index is 14.8. The first kappa shape index (κ1) is 21.8. The van der Waals surface area contributed by atoms with Crippen molar-refractivity contribution in [2.24, 2.45) is 0 Å². The van der Waals surface area contributed by atoms with Crippen LogP contribution in [-0.2, 0) is 4.74 Å². The molecule has 1 N–H and O–H groups in total. The van der Waals surface area contributed by atoms with E-state index in [0.717, 1.165) is 11.3 Å².